The Kier molecular flexibility index (Phi) is 29.0. The third-order valence-corrected chi connectivity index (χ3v) is 18.3. The molecule has 0 saturated heterocycles. The summed E-state index contributed by atoms with van der Waals surface area (Å²) in [5.74, 6) is -5.43. The number of rotatable bonds is 13. The zero-order valence-electron chi connectivity index (χ0n) is 49.4. The first-order valence-electron chi connectivity index (χ1n) is 26.4. The number of nitrogens with zero attached hydrogens (tertiary/aromatic N) is 13. The van der Waals surface area contributed by atoms with E-state index in [2.05, 4.69) is 137 Å². The number of aromatic nitrogens is 10. The molecule has 0 saturated carbocycles. The molecule has 0 fully saturated rings. The van der Waals surface area contributed by atoms with Crippen molar-refractivity contribution >= 4 is 214 Å². The van der Waals surface area contributed by atoms with Crippen LogP contribution in [0.2, 0.25) is 47.0 Å². The second kappa shape index (κ2) is 35.0. The van der Waals surface area contributed by atoms with Gasteiger partial charge in [0.05, 0.1) is 36.2 Å². The topological polar surface area (TPSA) is 163 Å². The summed E-state index contributed by atoms with van der Waals surface area (Å²) in [5.41, 5.74) is 2.68. The molecular formula is C59H44Br4Cl9F8N15. The Morgan fingerprint density at radius 1 is 0.484 bits per heavy atom. The van der Waals surface area contributed by atoms with Gasteiger partial charge in [0.2, 0.25) is 26.4 Å². The van der Waals surface area contributed by atoms with E-state index in [1.807, 2.05) is 13.8 Å². The predicted molar refractivity (Wildman–Crippen MR) is 377 cm³/mol. The maximum absolute atomic E-state index is 14.2. The molecule has 95 heavy (non-hydrogen) atoms. The van der Waals surface area contributed by atoms with Crippen molar-refractivity contribution in [1.29, 1.82) is 0 Å². The molecule has 1 aliphatic heterocycles. The lowest BCUT2D eigenvalue weighted by Gasteiger charge is -2.26. The summed E-state index contributed by atoms with van der Waals surface area (Å²) >= 11 is 64.5. The van der Waals surface area contributed by atoms with Gasteiger partial charge in [0.1, 0.15) is 42.5 Å². The summed E-state index contributed by atoms with van der Waals surface area (Å²) in [7, 11) is 3.40. The molecule has 36 heteroatoms. The molecule has 15 nitrogen and oxygen atoms in total. The quantitative estimate of drug-likeness (QED) is 0.0485. The van der Waals surface area contributed by atoms with E-state index in [0.29, 0.717) is 59.0 Å². The van der Waals surface area contributed by atoms with Crippen molar-refractivity contribution in [2.45, 2.75) is 39.5 Å². The molecule has 9 aromatic rings. The number of anilines is 8. The molecule has 10 rings (SSSR count). The third-order valence-electron chi connectivity index (χ3n) is 12.4. The van der Waals surface area contributed by atoms with Crippen LogP contribution >= 0.6 is 168 Å². The van der Waals surface area contributed by atoms with Crippen LogP contribution in [0.5, 0.6) is 0 Å². The zero-order valence-corrected chi connectivity index (χ0v) is 62.6. The largest absolute Gasteiger partial charge is 0.373 e. The van der Waals surface area contributed by atoms with Gasteiger partial charge in [-0.1, -0.05) is 115 Å². The van der Waals surface area contributed by atoms with Crippen LogP contribution in [0.15, 0.2) is 115 Å². The molecule has 0 unspecified atom stereocenters. The summed E-state index contributed by atoms with van der Waals surface area (Å²) in [5, 5.41) is 6.40. The fourth-order valence-electron chi connectivity index (χ4n) is 8.46. The van der Waals surface area contributed by atoms with Gasteiger partial charge in [-0.15, -0.1) is 0 Å². The van der Waals surface area contributed by atoms with Crippen LogP contribution in [0.4, 0.5) is 81.3 Å². The standard InChI is InChI=1S/C15H14BrClF2N4.C15H15ClF2N4.C14H10BrCl2F2N3.C11H5BrCl2F2N2.C4BrCl3N2/c1-8(2)7-23(10-6-4-5-9(18)12(10)19)14-11(16)13(20-3)21-15(17)22-14;1-15(2)7-22(9-6-4-5-8(17)11(9)18)13-10(15)12(19-3)20-14(16)21-13;1-7(2)6-22(9-5-3-4-8(18)11(9)19)13-10(15)12(16)20-14(17)21-13;12-8-7(17-11(14)18-10(8)13)4-5-2-1-3-6(15)9(5)16;5-1-2(6)9-4(8)10-3(1)7/h4-6H,1,7H2,2-3H3,(H,20,21,22);4-6H,7H2,1-3H3,(H,19,20,21);3-5H,1,6H2,2H3;1-3H,4H2;. The highest BCUT2D eigenvalue weighted by molar-refractivity contribution is 9.11. The fraction of sp³-hybridized carbons (Fsp3) is 0.186. The summed E-state index contributed by atoms with van der Waals surface area (Å²) in [6.45, 7) is 16.0. The minimum atomic E-state index is -0.999. The first kappa shape index (κ1) is 78.7. The van der Waals surface area contributed by atoms with Gasteiger partial charge in [0.15, 0.2) is 58.2 Å². The van der Waals surface area contributed by atoms with Gasteiger partial charge in [-0.05, 0) is 184 Å². The lowest BCUT2D eigenvalue weighted by atomic mass is 9.88. The van der Waals surface area contributed by atoms with Crippen molar-refractivity contribution in [2.24, 2.45) is 0 Å². The van der Waals surface area contributed by atoms with Crippen molar-refractivity contribution in [3.05, 3.63) is 225 Å². The lowest BCUT2D eigenvalue weighted by molar-refractivity contribution is 0.500. The van der Waals surface area contributed by atoms with Crippen molar-refractivity contribution in [3.63, 3.8) is 0 Å². The first-order valence-corrected chi connectivity index (χ1v) is 33.0. The van der Waals surface area contributed by atoms with E-state index in [0.717, 1.165) is 35.4 Å². The van der Waals surface area contributed by atoms with Crippen LogP contribution in [0, 0.1) is 46.5 Å². The van der Waals surface area contributed by atoms with Gasteiger partial charge in [-0.2, -0.15) is 19.9 Å². The van der Waals surface area contributed by atoms with Gasteiger partial charge in [-0.3, -0.25) is 0 Å². The number of hydrogen-bond donors (Lipinski definition) is 2. The first-order chi connectivity index (χ1) is 44.6. The highest BCUT2D eigenvalue weighted by Gasteiger charge is 2.41. The Hall–Kier alpha value is -5.27. The monoisotopic (exact) mass is 1740 g/mol. The molecule has 5 aromatic heterocycles. The molecular weight excluding hydrogens is 1710 g/mol. The zero-order chi connectivity index (χ0) is 70.7. The van der Waals surface area contributed by atoms with E-state index in [1.54, 1.807) is 32.8 Å². The lowest BCUT2D eigenvalue weighted by Crippen LogP contribution is -2.26. The van der Waals surface area contributed by atoms with Crippen LogP contribution in [-0.4, -0.2) is 83.6 Å². The molecule has 0 atom stereocenters. The third kappa shape index (κ3) is 20.2. The fourth-order valence-corrected chi connectivity index (χ4v) is 11.7. The molecule has 502 valence electrons. The number of hydrogen-bond acceptors (Lipinski definition) is 15. The highest BCUT2D eigenvalue weighted by atomic mass is 79.9. The molecule has 1 aliphatic rings. The smallest absolute Gasteiger partial charge is 0.226 e. The molecule has 0 amide bonds. The Morgan fingerprint density at radius 2 is 0.874 bits per heavy atom. The highest BCUT2D eigenvalue weighted by Crippen LogP contribution is 2.48. The van der Waals surface area contributed by atoms with Crippen LogP contribution in [-0.2, 0) is 11.8 Å². The summed E-state index contributed by atoms with van der Waals surface area (Å²) in [4.78, 5) is 43.9. The molecule has 0 spiro atoms. The molecule has 0 bridgehead atoms. The molecule has 0 radical (unpaired) electrons. The Morgan fingerprint density at radius 3 is 1.37 bits per heavy atom. The average molecular weight is 1750 g/mol. The molecule has 0 aliphatic carbocycles. The van der Waals surface area contributed by atoms with Crippen LogP contribution in [0.3, 0.4) is 0 Å². The summed E-state index contributed by atoms with van der Waals surface area (Å²) in [6.07, 6.45) is 0.0616. The van der Waals surface area contributed by atoms with Gasteiger partial charge in [0.25, 0.3) is 0 Å². The molecule has 4 aromatic carbocycles. The normalized spacial score (nSPS) is 11.8. The Labute approximate surface area is 617 Å². The van der Waals surface area contributed by atoms with Crippen LogP contribution in [0.1, 0.15) is 44.5 Å². The SMILES string of the molecule is C=C(C)CN(c1cccc(F)c1F)c1nc(Cl)nc(Cl)c1Br.C=C(C)CN(c1cccc(F)c1F)c1nc(Cl)nc(NC)c1Br.CNc1nc(Cl)nc2c1C(C)(C)CN2c1cccc(F)c1F.Clc1nc(Cl)c(Br)c(Cl)n1.Fc1cccc(Cc2nc(Cl)nc(Cl)c2Br)c1F. The Balaban J connectivity index is 0.000000192. The second-order valence-corrected chi connectivity index (χ2v) is 26.3. The van der Waals surface area contributed by atoms with Gasteiger partial charge >= 0.3 is 0 Å². The number of nitrogens with one attached hydrogen (secondary N) is 2. The van der Waals surface area contributed by atoms with Crippen LogP contribution in [0.25, 0.3) is 0 Å². The maximum atomic E-state index is 14.2. The molecule has 6 heterocycles. The Bertz CT molecular complexity index is 4330. The summed E-state index contributed by atoms with van der Waals surface area (Å²) < 4.78 is 112. The van der Waals surface area contributed by atoms with E-state index in [-0.39, 0.29) is 100 Å². The van der Waals surface area contributed by atoms with E-state index < -0.39 is 46.5 Å². The van der Waals surface area contributed by atoms with E-state index in [1.165, 1.54) is 58.3 Å². The van der Waals surface area contributed by atoms with Gasteiger partial charge in [0, 0.05) is 51.1 Å². The second-order valence-electron chi connectivity index (χ2n) is 20.0. The maximum Gasteiger partial charge on any atom is 0.226 e. The number of fused-ring (bicyclic) bond motifs is 1. The van der Waals surface area contributed by atoms with E-state index in [9.17, 15) is 35.1 Å². The van der Waals surface area contributed by atoms with Crippen molar-refractivity contribution in [2.75, 3.05) is 59.1 Å². The van der Waals surface area contributed by atoms with E-state index in [4.69, 9.17) is 104 Å². The van der Waals surface area contributed by atoms with E-state index >= 15 is 0 Å². The number of benzene rings is 4. The summed E-state index contributed by atoms with van der Waals surface area (Å²) in [6, 6.07) is 15.8. The minimum absolute atomic E-state index is 0.00506. The van der Waals surface area contributed by atoms with Gasteiger partial charge in [-0.25, -0.2) is 65.0 Å². The minimum Gasteiger partial charge on any atom is -0.373 e. The van der Waals surface area contributed by atoms with Crippen molar-refractivity contribution < 1.29 is 35.1 Å². The number of halogens is 21. The van der Waals surface area contributed by atoms with Gasteiger partial charge < -0.3 is 25.3 Å². The van der Waals surface area contributed by atoms with Crippen molar-refractivity contribution in [1.82, 2.24) is 49.8 Å². The van der Waals surface area contributed by atoms with Crippen molar-refractivity contribution in [3.8, 4) is 0 Å². The van der Waals surface area contributed by atoms with Crippen LogP contribution < -0.4 is 25.3 Å². The molecule has 2 N–H and O–H groups in total. The predicted octanol–water partition coefficient (Wildman–Crippen LogP) is 22.0. The average Bonchev–Trinajstić information content (AvgIpc) is 1.60.